The smallest absolute Gasteiger partial charge is 0.298 e. The fourth-order valence-corrected chi connectivity index (χ4v) is 3.65. The lowest BCUT2D eigenvalue weighted by molar-refractivity contribution is -0.125. The summed E-state index contributed by atoms with van der Waals surface area (Å²) >= 11 is 0. The highest BCUT2D eigenvalue weighted by Gasteiger charge is 2.27. The molecule has 1 aliphatic rings. The van der Waals surface area contributed by atoms with E-state index >= 15 is 0 Å². The van der Waals surface area contributed by atoms with Gasteiger partial charge in [-0.15, -0.1) is 0 Å². The van der Waals surface area contributed by atoms with Crippen molar-refractivity contribution in [3.8, 4) is 11.5 Å². The van der Waals surface area contributed by atoms with Crippen molar-refractivity contribution < 1.29 is 18.7 Å². The zero-order valence-electron chi connectivity index (χ0n) is 16.7. The zero-order valence-corrected chi connectivity index (χ0v) is 16.7. The minimum absolute atomic E-state index is 0.0140. The summed E-state index contributed by atoms with van der Waals surface area (Å²) in [4.78, 5) is 19.3. The molecule has 0 saturated carbocycles. The first-order valence-electron chi connectivity index (χ1n) is 9.77. The number of rotatable bonds is 6. The summed E-state index contributed by atoms with van der Waals surface area (Å²) in [5.74, 6) is 1.49. The normalized spacial score (nSPS) is 14.8. The Kier molecular flexibility index (Phi) is 5.55. The molecule has 1 saturated heterocycles. The first-order chi connectivity index (χ1) is 14.2. The Bertz CT molecular complexity index is 960. The average molecular weight is 395 g/mol. The fraction of sp³-hybridized carbons (Fsp3) is 0.364. The van der Waals surface area contributed by atoms with Crippen LogP contribution in [0.5, 0.6) is 11.5 Å². The van der Waals surface area contributed by atoms with Gasteiger partial charge in [-0.3, -0.25) is 4.79 Å². The van der Waals surface area contributed by atoms with Crippen molar-refractivity contribution in [1.29, 1.82) is 0 Å². The summed E-state index contributed by atoms with van der Waals surface area (Å²) in [5.41, 5.74) is 2.57. The third-order valence-corrected chi connectivity index (χ3v) is 5.37. The number of carbonyl (C=O) groups excluding carboxylic acids is 1. The maximum Gasteiger partial charge on any atom is 0.298 e. The van der Waals surface area contributed by atoms with E-state index in [0.717, 1.165) is 48.3 Å². The monoisotopic (exact) mass is 395 g/mol. The number of piperidine rings is 1. The van der Waals surface area contributed by atoms with Crippen LogP contribution in [0.15, 0.2) is 46.9 Å². The molecule has 3 aromatic rings. The first-order valence-corrected chi connectivity index (χ1v) is 9.77. The minimum atomic E-state index is -0.0140. The Labute approximate surface area is 169 Å². The molecule has 152 valence electrons. The summed E-state index contributed by atoms with van der Waals surface area (Å²) < 4.78 is 16.5. The van der Waals surface area contributed by atoms with Crippen molar-refractivity contribution >= 4 is 23.0 Å². The number of para-hydroxylation sites is 2. The number of amides is 1. The number of hydrogen-bond acceptors (Lipinski definition) is 6. The van der Waals surface area contributed by atoms with Gasteiger partial charge in [0.1, 0.15) is 17.0 Å². The molecule has 1 aromatic heterocycles. The molecule has 0 spiro atoms. The van der Waals surface area contributed by atoms with Crippen LogP contribution in [0.3, 0.4) is 0 Å². The molecular formula is C22H25N3O4. The Hall–Kier alpha value is -3.22. The molecule has 7 heteroatoms. The van der Waals surface area contributed by atoms with Gasteiger partial charge in [-0.1, -0.05) is 12.1 Å². The largest absolute Gasteiger partial charge is 0.497 e. The van der Waals surface area contributed by atoms with Crippen molar-refractivity contribution in [3.63, 3.8) is 0 Å². The Morgan fingerprint density at radius 3 is 2.69 bits per heavy atom. The summed E-state index contributed by atoms with van der Waals surface area (Å²) in [6, 6.07) is 14.0. The Morgan fingerprint density at radius 2 is 1.97 bits per heavy atom. The van der Waals surface area contributed by atoms with Crippen molar-refractivity contribution in [2.24, 2.45) is 5.92 Å². The molecule has 2 heterocycles. The highest BCUT2D eigenvalue weighted by molar-refractivity contribution is 5.79. The third kappa shape index (κ3) is 4.13. The lowest BCUT2D eigenvalue weighted by Gasteiger charge is -2.30. The van der Waals surface area contributed by atoms with E-state index in [1.807, 2.05) is 42.5 Å². The van der Waals surface area contributed by atoms with Gasteiger partial charge >= 0.3 is 0 Å². The molecule has 1 fully saturated rings. The number of aromatic nitrogens is 1. The molecule has 7 nitrogen and oxygen atoms in total. The molecule has 29 heavy (non-hydrogen) atoms. The lowest BCUT2D eigenvalue weighted by Crippen LogP contribution is -2.40. The molecule has 0 aliphatic carbocycles. The van der Waals surface area contributed by atoms with Crippen LogP contribution >= 0.6 is 0 Å². The molecule has 1 N–H and O–H groups in total. The van der Waals surface area contributed by atoms with E-state index in [-0.39, 0.29) is 11.8 Å². The predicted molar refractivity (Wildman–Crippen MR) is 110 cm³/mol. The van der Waals surface area contributed by atoms with Gasteiger partial charge in [0, 0.05) is 37.2 Å². The topological polar surface area (TPSA) is 76.8 Å². The van der Waals surface area contributed by atoms with Crippen molar-refractivity contribution in [1.82, 2.24) is 10.3 Å². The van der Waals surface area contributed by atoms with Gasteiger partial charge in [-0.05, 0) is 37.1 Å². The van der Waals surface area contributed by atoms with E-state index in [2.05, 4.69) is 15.2 Å². The van der Waals surface area contributed by atoms with E-state index in [1.165, 1.54) is 0 Å². The lowest BCUT2D eigenvalue weighted by atomic mass is 9.96. The van der Waals surface area contributed by atoms with Gasteiger partial charge in [0.25, 0.3) is 6.01 Å². The minimum Gasteiger partial charge on any atom is -0.497 e. The standard InChI is InChI=1S/C22H25N3O4/c1-27-17-8-7-16(20(13-17)28-2)14-23-21(26)15-9-11-25(12-10-15)22-24-18-5-3-4-6-19(18)29-22/h3-8,13,15H,9-12,14H2,1-2H3,(H,23,26). The number of fused-ring (bicyclic) bond motifs is 1. The zero-order chi connectivity index (χ0) is 20.2. The summed E-state index contributed by atoms with van der Waals surface area (Å²) in [7, 11) is 3.23. The molecule has 1 aliphatic heterocycles. The average Bonchev–Trinajstić information content (AvgIpc) is 3.21. The van der Waals surface area contributed by atoms with Crippen LogP contribution in [-0.4, -0.2) is 38.2 Å². The van der Waals surface area contributed by atoms with Crippen LogP contribution in [0.1, 0.15) is 18.4 Å². The third-order valence-electron chi connectivity index (χ3n) is 5.37. The molecule has 4 rings (SSSR count). The maximum atomic E-state index is 12.6. The maximum absolute atomic E-state index is 12.6. The highest BCUT2D eigenvalue weighted by atomic mass is 16.5. The predicted octanol–water partition coefficient (Wildman–Crippen LogP) is 3.38. The van der Waals surface area contributed by atoms with Gasteiger partial charge in [-0.2, -0.15) is 4.98 Å². The van der Waals surface area contributed by atoms with Crippen molar-refractivity contribution in [2.45, 2.75) is 19.4 Å². The number of ether oxygens (including phenoxy) is 2. The first kappa shape index (κ1) is 19.1. The molecular weight excluding hydrogens is 370 g/mol. The number of methoxy groups -OCH3 is 2. The van der Waals surface area contributed by atoms with Crippen LogP contribution in [0.25, 0.3) is 11.1 Å². The number of nitrogens with zero attached hydrogens (tertiary/aromatic N) is 2. The van der Waals surface area contributed by atoms with E-state index < -0.39 is 0 Å². The fourth-order valence-electron chi connectivity index (χ4n) is 3.65. The van der Waals surface area contributed by atoms with Gasteiger partial charge in [0.2, 0.25) is 5.91 Å². The second-order valence-electron chi connectivity index (χ2n) is 7.12. The quantitative estimate of drug-likeness (QED) is 0.690. The molecule has 2 aromatic carbocycles. The van der Waals surface area contributed by atoms with Crippen LogP contribution in [-0.2, 0) is 11.3 Å². The van der Waals surface area contributed by atoms with Gasteiger partial charge in [0.05, 0.1) is 14.2 Å². The van der Waals surface area contributed by atoms with Gasteiger partial charge in [0.15, 0.2) is 5.58 Å². The molecule has 0 radical (unpaired) electrons. The molecule has 0 unspecified atom stereocenters. The van der Waals surface area contributed by atoms with Crippen molar-refractivity contribution in [3.05, 3.63) is 48.0 Å². The number of benzene rings is 2. The van der Waals surface area contributed by atoms with E-state index in [1.54, 1.807) is 14.2 Å². The SMILES string of the molecule is COc1ccc(CNC(=O)C2CCN(c3nc4ccccc4o3)CC2)c(OC)c1. The number of oxazole rings is 1. The number of carbonyl (C=O) groups is 1. The second kappa shape index (κ2) is 8.43. The summed E-state index contributed by atoms with van der Waals surface area (Å²) in [6.45, 7) is 1.92. The van der Waals surface area contributed by atoms with E-state index in [0.29, 0.717) is 18.3 Å². The summed E-state index contributed by atoms with van der Waals surface area (Å²) in [6.07, 6.45) is 1.54. The number of nitrogens with one attached hydrogen (secondary N) is 1. The van der Waals surface area contributed by atoms with Crippen LogP contribution < -0.4 is 19.7 Å². The van der Waals surface area contributed by atoms with Crippen LogP contribution in [0, 0.1) is 5.92 Å². The van der Waals surface area contributed by atoms with Gasteiger partial charge < -0.3 is 24.1 Å². The number of hydrogen-bond donors (Lipinski definition) is 1. The number of anilines is 1. The van der Waals surface area contributed by atoms with Crippen molar-refractivity contribution in [2.75, 3.05) is 32.2 Å². The van der Waals surface area contributed by atoms with E-state index in [4.69, 9.17) is 13.9 Å². The Balaban J connectivity index is 1.32. The van der Waals surface area contributed by atoms with Crippen LogP contribution in [0.4, 0.5) is 6.01 Å². The van der Waals surface area contributed by atoms with Crippen LogP contribution in [0.2, 0.25) is 0 Å². The van der Waals surface area contributed by atoms with Gasteiger partial charge in [-0.25, -0.2) is 0 Å². The second-order valence-corrected chi connectivity index (χ2v) is 7.12. The summed E-state index contributed by atoms with van der Waals surface area (Å²) in [5, 5.41) is 3.04. The Morgan fingerprint density at radius 1 is 1.17 bits per heavy atom. The highest BCUT2D eigenvalue weighted by Crippen LogP contribution is 2.27. The van der Waals surface area contributed by atoms with E-state index in [9.17, 15) is 4.79 Å². The molecule has 0 bridgehead atoms. The molecule has 1 amide bonds. The molecule has 0 atom stereocenters.